The molecule has 25 heavy (non-hydrogen) atoms. The summed E-state index contributed by atoms with van der Waals surface area (Å²) < 4.78 is 6.10. The minimum atomic E-state index is -0.678. The molecule has 146 valence electrons. The summed E-state index contributed by atoms with van der Waals surface area (Å²) in [6.45, 7) is 12.3. The minimum absolute atomic E-state index is 0.0421. The Balaban J connectivity index is 1.98. The lowest BCUT2D eigenvalue weighted by Gasteiger charge is -2.46. The van der Waals surface area contributed by atoms with Gasteiger partial charge in [-0.3, -0.25) is 4.79 Å². The maximum absolute atomic E-state index is 12.4. The number of hydrogen-bond acceptors (Lipinski definition) is 3. The van der Waals surface area contributed by atoms with Crippen LogP contribution in [0.3, 0.4) is 0 Å². The molecule has 3 heteroatoms. The Kier molecular flexibility index (Phi) is 6.76. The third-order valence-electron chi connectivity index (χ3n) is 7.08. The first kappa shape index (κ1) is 20.9. The maximum atomic E-state index is 12.4. The minimum Gasteiger partial charge on any atom is -0.387 e. The van der Waals surface area contributed by atoms with Crippen molar-refractivity contribution in [3.63, 3.8) is 0 Å². The van der Waals surface area contributed by atoms with Gasteiger partial charge in [-0.1, -0.05) is 47.5 Å². The van der Waals surface area contributed by atoms with Crippen LogP contribution in [0.5, 0.6) is 0 Å². The first-order valence-corrected chi connectivity index (χ1v) is 10.5. The van der Waals surface area contributed by atoms with E-state index in [-0.39, 0.29) is 16.7 Å². The fourth-order valence-electron chi connectivity index (χ4n) is 6.02. The number of ketones is 1. The number of Topliss-reactive ketones (excluding diaryl/α,β-unsaturated/α-hetero) is 1. The molecule has 1 N–H and O–H groups in total. The van der Waals surface area contributed by atoms with Crippen LogP contribution in [0.4, 0.5) is 0 Å². The standard InChI is InChI=1S/C22H40O3/c1-6-12-22(24,13-7-2)16-25-15-20(3,4)19-11-10-17-18(23)9-8-14-21(17,19)5/h17,19,24H,6-16H2,1-5H3. The van der Waals surface area contributed by atoms with Crippen molar-refractivity contribution in [2.24, 2.45) is 22.7 Å². The molecule has 2 saturated carbocycles. The molecule has 0 spiro atoms. The first-order chi connectivity index (χ1) is 11.7. The van der Waals surface area contributed by atoms with Crippen molar-refractivity contribution in [3.8, 4) is 0 Å². The number of carbonyl (C=O) groups is 1. The molecule has 0 aliphatic heterocycles. The molecule has 0 bridgehead atoms. The number of hydrogen-bond donors (Lipinski definition) is 1. The summed E-state index contributed by atoms with van der Waals surface area (Å²) in [5.41, 5.74) is -0.492. The van der Waals surface area contributed by atoms with Crippen LogP contribution in [0, 0.1) is 22.7 Å². The normalized spacial score (nSPS) is 30.6. The van der Waals surface area contributed by atoms with Crippen molar-refractivity contribution < 1.29 is 14.6 Å². The summed E-state index contributed by atoms with van der Waals surface area (Å²) in [5.74, 6) is 1.29. The van der Waals surface area contributed by atoms with Gasteiger partial charge in [0.15, 0.2) is 0 Å². The van der Waals surface area contributed by atoms with Gasteiger partial charge < -0.3 is 9.84 Å². The van der Waals surface area contributed by atoms with Crippen LogP contribution in [-0.2, 0) is 9.53 Å². The largest absolute Gasteiger partial charge is 0.387 e. The van der Waals surface area contributed by atoms with Gasteiger partial charge in [0.1, 0.15) is 5.78 Å². The lowest BCUT2D eigenvalue weighted by molar-refractivity contribution is -0.132. The Bertz CT molecular complexity index is 450. The van der Waals surface area contributed by atoms with Gasteiger partial charge in [0.05, 0.1) is 18.8 Å². The third kappa shape index (κ3) is 4.47. The highest BCUT2D eigenvalue weighted by molar-refractivity contribution is 5.83. The van der Waals surface area contributed by atoms with Crippen LogP contribution in [0.1, 0.15) is 92.4 Å². The van der Waals surface area contributed by atoms with E-state index >= 15 is 0 Å². The average Bonchev–Trinajstić information content (AvgIpc) is 2.86. The smallest absolute Gasteiger partial charge is 0.136 e. The molecule has 0 heterocycles. The van der Waals surface area contributed by atoms with E-state index in [1.54, 1.807) is 0 Å². The second-order valence-corrected chi connectivity index (χ2v) is 9.71. The van der Waals surface area contributed by atoms with Gasteiger partial charge in [-0.15, -0.1) is 0 Å². The average molecular weight is 353 g/mol. The van der Waals surface area contributed by atoms with Gasteiger partial charge in [0.25, 0.3) is 0 Å². The van der Waals surface area contributed by atoms with E-state index in [1.165, 1.54) is 6.42 Å². The zero-order valence-corrected chi connectivity index (χ0v) is 17.2. The summed E-state index contributed by atoms with van der Waals surface area (Å²) in [6.07, 6.45) is 8.76. The maximum Gasteiger partial charge on any atom is 0.136 e. The van der Waals surface area contributed by atoms with Crippen LogP contribution in [0.25, 0.3) is 0 Å². The SMILES string of the molecule is CCCC(O)(CCC)COCC(C)(C)C1CCC2C(=O)CCCC21C. The van der Waals surface area contributed by atoms with Crippen molar-refractivity contribution in [3.05, 3.63) is 0 Å². The molecule has 0 aromatic heterocycles. The fraction of sp³-hybridized carbons (Fsp3) is 0.955. The molecule has 0 radical (unpaired) electrons. The van der Waals surface area contributed by atoms with E-state index in [0.717, 1.165) is 51.4 Å². The van der Waals surface area contributed by atoms with Crippen molar-refractivity contribution in [2.45, 2.75) is 98.0 Å². The Morgan fingerprint density at radius 2 is 1.80 bits per heavy atom. The molecule has 2 aliphatic rings. The molecule has 0 amide bonds. The van der Waals surface area contributed by atoms with E-state index in [9.17, 15) is 9.90 Å². The molecular weight excluding hydrogens is 312 g/mol. The zero-order chi connectivity index (χ0) is 18.7. The number of ether oxygens (including phenoxy) is 1. The number of fused-ring (bicyclic) bond motifs is 1. The number of aliphatic hydroxyl groups is 1. The molecule has 0 saturated heterocycles. The Labute approximate surface area is 154 Å². The zero-order valence-electron chi connectivity index (χ0n) is 17.2. The lowest BCUT2D eigenvalue weighted by Crippen LogP contribution is -2.44. The summed E-state index contributed by atoms with van der Waals surface area (Å²) in [4.78, 5) is 12.4. The van der Waals surface area contributed by atoms with E-state index in [0.29, 0.717) is 24.9 Å². The predicted octanol–water partition coefficient (Wildman–Crippen LogP) is 5.15. The molecular formula is C22H40O3. The summed E-state index contributed by atoms with van der Waals surface area (Å²) in [7, 11) is 0. The number of rotatable bonds is 9. The monoisotopic (exact) mass is 352 g/mol. The van der Waals surface area contributed by atoms with Gasteiger partial charge >= 0.3 is 0 Å². The van der Waals surface area contributed by atoms with Crippen LogP contribution >= 0.6 is 0 Å². The second kappa shape index (κ2) is 8.08. The van der Waals surface area contributed by atoms with E-state index in [2.05, 4.69) is 34.6 Å². The molecule has 2 fully saturated rings. The Hall–Kier alpha value is -0.410. The highest BCUT2D eigenvalue weighted by Crippen LogP contribution is 2.59. The molecule has 2 aliphatic carbocycles. The van der Waals surface area contributed by atoms with Crippen LogP contribution in [0.15, 0.2) is 0 Å². The quantitative estimate of drug-likeness (QED) is 0.624. The predicted molar refractivity (Wildman–Crippen MR) is 103 cm³/mol. The lowest BCUT2D eigenvalue weighted by atomic mass is 9.58. The van der Waals surface area contributed by atoms with Crippen LogP contribution < -0.4 is 0 Å². The van der Waals surface area contributed by atoms with Crippen molar-refractivity contribution >= 4 is 5.78 Å². The van der Waals surface area contributed by atoms with E-state index in [1.807, 2.05) is 0 Å². The summed E-state index contributed by atoms with van der Waals surface area (Å²) >= 11 is 0. The molecule has 0 aromatic rings. The first-order valence-electron chi connectivity index (χ1n) is 10.5. The highest BCUT2D eigenvalue weighted by atomic mass is 16.5. The molecule has 0 aromatic carbocycles. The number of carbonyl (C=O) groups excluding carboxylic acids is 1. The van der Waals surface area contributed by atoms with Crippen molar-refractivity contribution in [1.29, 1.82) is 0 Å². The van der Waals surface area contributed by atoms with Crippen molar-refractivity contribution in [2.75, 3.05) is 13.2 Å². The summed E-state index contributed by atoms with van der Waals surface area (Å²) in [6, 6.07) is 0. The van der Waals surface area contributed by atoms with E-state index < -0.39 is 5.60 Å². The van der Waals surface area contributed by atoms with Crippen LogP contribution in [-0.4, -0.2) is 29.7 Å². The Morgan fingerprint density at radius 1 is 1.16 bits per heavy atom. The van der Waals surface area contributed by atoms with Gasteiger partial charge in [-0.2, -0.15) is 0 Å². The van der Waals surface area contributed by atoms with Gasteiger partial charge in [0.2, 0.25) is 0 Å². The second-order valence-electron chi connectivity index (χ2n) is 9.71. The topological polar surface area (TPSA) is 46.5 Å². The summed E-state index contributed by atoms with van der Waals surface area (Å²) in [5, 5.41) is 10.8. The van der Waals surface area contributed by atoms with Crippen LogP contribution in [0.2, 0.25) is 0 Å². The third-order valence-corrected chi connectivity index (χ3v) is 7.08. The van der Waals surface area contributed by atoms with Gasteiger partial charge in [0, 0.05) is 12.3 Å². The van der Waals surface area contributed by atoms with Gasteiger partial charge in [-0.25, -0.2) is 0 Å². The van der Waals surface area contributed by atoms with Crippen molar-refractivity contribution in [1.82, 2.24) is 0 Å². The fourth-order valence-corrected chi connectivity index (χ4v) is 6.02. The molecule has 2 rings (SSSR count). The van der Waals surface area contributed by atoms with E-state index in [4.69, 9.17) is 4.74 Å². The molecule has 3 nitrogen and oxygen atoms in total. The Morgan fingerprint density at radius 3 is 2.40 bits per heavy atom. The molecule has 3 unspecified atom stereocenters. The van der Waals surface area contributed by atoms with Gasteiger partial charge in [-0.05, 0) is 55.3 Å². The molecule has 3 atom stereocenters. The highest BCUT2D eigenvalue weighted by Gasteiger charge is 2.55.